The Balaban J connectivity index is 1.38. The number of Topliss-reactive ketones (excluding diaryl/α,β-unsaturated/α-hetero) is 1. The molecule has 2 aromatic carbocycles. The maximum absolute atomic E-state index is 12.5. The van der Waals surface area contributed by atoms with Crippen molar-refractivity contribution in [1.82, 2.24) is 14.8 Å². The number of aromatic nitrogens is 2. The fraction of sp³-hybridized carbons (Fsp3) is 0.227. The summed E-state index contributed by atoms with van der Waals surface area (Å²) in [5, 5.41) is 4.31. The normalized spacial score (nSPS) is 13.3. The molecule has 0 atom stereocenters. The lowest BCUT2D eigenvalue weighted by molar-refractivity contribution is 0.0996. The first-order valence-corrected chi connectivity index (χ1v) is 9.34. The van der Waals surface area contributed by atoms with Gasteiger partial charge in [0.05, 0.1) is 11.9 Å². The van der Waals surface area contributed by atoms with Crippen molar-refractivity contribution >= 4 is 11.7 Å². The molecule has 0 aliphatic carbocycles. The van der Waals surface area contributed by atoms with Gasteiger partial charge in [-0.1, -0.05) is 42.5 Å². The summed E-state index contributed by atoms with van der Waals surface area (Å²) >= 11 is 0. The van der Waals surface area contributed by atoms with Crippen LogP contribution in [0.25, 0.3) is 0 Å². The Morgan fingerprint density at radius 2 is 1.71 bits per heavy atom. The van der Waals surface area contributed by atoms with E-state index in [0.717, 1.165) is 37.3 Å². The second-order valence-electron chi connectivity index (χ2n) is 7.05. The highest BCUT2D eigenvalue weighted by molar-refractivity contribution is 6.01. The molecule has 0 bridgehead atoms. The van der Waals surface area contributed by atoms with Crippen molar-refractivity contribution < 1.29 is 9.59 Å². The molecule has 0 unspecified atom stereocenters. The number of ketones is 1. The van der Waals surface area contributed by atoms with E-state index in [1.165, 1.54) is 12.5 Å². The van der Waals surface area contributed by atoms with Crippen molar-refractivity contribution in [3.63, 3.8) is 0 Å². The van der Waals surface area contributed by atoms with Crippen molar-refractivity contribution in [2.24, 2.45) is 0 Å². The number of nitrogens with one attached hydrogen (secondary N) is 1. The van der Waals surface area contributed by atoms with Gasteiger partial charge in [-0.15, -0.1) is 0 Å². The number of nitrogens with zero attached hydrogens (tertiary/aromatic N) is 3. The van der Waals surface area contributed by atoms with Crippen molar-refractivity contribution in [2.45, 2.75) is 26.4 Å². The third-order valence-corrected chi connectivity index (χ3v) is 5.04. The van der Waals surface area contributed by atoms with Crippen molar-refractivity contribution in [3.8, 4) is 0 Å². The van der Waals surface area contributed by atoms with Gasteiger partial charge in [-0.05, 0) is 31.0 Å². The number of rotatable bonds is 6. The molecule has 3 aromatic rings. The first-order chi connectivity index (χ1) is 13.6. The molecule has 142 valence electrons. The van der Waals surface area contributed by atoms with Crippen LogP contribution in [-0.4, -0.2) is 33.0 Å². The van der Waals surface area contributed by atoms with Gasteiger partial charge in [0.2, 0.25) is 0 Å². The third kappa shape index (κ3) is 3.87. The number of carbonyl (C=O) groups excluding carboxylic acids is 2. The Kier molecular flexibility index (Phi) is 5.04. The van der Waals surface area contributed by atoms with Crippen molar-refractivity contribution in [3.05, 3.63) is 88.7 Å². The van der Waals surface area contributed by atoms with E-state index in [0.29, 0.717) is 11.1 Å². The first-order valence-electron chi connectivity index (χ1n) is 9.34. The largest absolute Gasteiger partial charge is 0.295 e. The van der Waals surface area contributed by atoms with E-state index in [4.69, 9.17) is 0 Å². The summed E-state index contributed by atoms with van der Waals surface area (Å²) < 4.78 is 0. The number of hydrogen-bond acceptors (Lipinski definition) is 4. The molecule has 1 aliphatic heterocycles. The van der Waals surface area contributed by atoms with Crippen LogP contribution >= 0.6 is 0 Å². The van der Waals surface area contributed by atoms with E-state index in [1.54, 1.807) is 29.1 Å². The smallest absolute Gasteiger partial charge is 0.271 e. The molecule has 28 heavy (non-hydrogen) atoms. The van der Waals surface area contributed by atoms with Crippen LogP contribution in [0.3, 0.4) is 0 Å². The quantitative estimate of drug-likeness (QED) is 0.674. The summed E-state index contributed by atoms with van der Waals surface area (Å²) in [6.45, 7) is 4.06. The average Bonchev–Trinajstić information content (AvgIpc) is 3.28. The molecule has 0 saturated carbocycles. The van der Waals surface area contributed by atoms with Crippen LogP contribution in [0.2, 0.25) is 0 Å². The topological polar surface area (TPSA) is 67.2 Å². The standard InChI is InChI=1S/C22H22N4O2/c1-16(27)18-7-9-19(10-8-18)22(28)24-26-21-15-25(14-20(21)13-23-26)12-11-17-5-3-2-4-6-17/h2-10,13H,11-12,14-15H2,1H3,(H,24,28). The predicted octanol–water partition coefficient (Wildman–Crippen LogP) is 3.03. The highest BCUT2D eigenvalue weighted by Gasteiger charge is 2.24. The van der Waals surface area contributed by atoms with Gasteiger partial charge in [0.25, 0.3) is 5.91 Å². The summed E-state index contributed by atoms with van der Waals surface area (Å²) in [6.07, 6.45) is 2.81. The van der Waals surface area contributed by atoms with Crippen LogP contribution in [0.4, 0.5) is 0 Å². The van der Waals surface area contributed by atoms with Crippen molar-refractivity contribution in [1.29, 1.82) is 0 Å². The molecular formula is C22H22N4O2. The molecule has 1 amide bonds. The maximum Gasteiger partial charge on any atom is 0.271 e. The minimum Gasteiger partial charge on any atom is -0.295 e. The second-order valence-corrected chi connectivity index (χ2v) is 7.05. The third-order valence-electron chi connectivity index (χ3n) is 5.04. The van der Waals surface area contributed by atoms with Crippen molar-refractivity contribution in [2.75, 3.05) is 12.0 Å². The molecule has 1 N–H and O–H groups in total. The van der Waals surface area contributed by atoms with Crippen LogP contribution in [0.5, 0.6) is 0 Å². The summed E-state index contributed by atoms with van der Waals surface area (Å²) in [5.74, 6) is -0.267. The Labute approximate surface area is 163 Å². The Morgan fingerprint density at radius 3 is 2.43 bits per heavy atom. The molecule has 0 fully saturated rings. The summed E-state index contributed by atoms with van der Waals surface area (Å²) in [5.41, 5.74) is 7.40. The molecule has 1 aromatic heterocycles. The maximum atomic E-state index is 12.5. The fourth-order valence-corrected chi connectivity index (χ4v) is 3.42. The van der Waals surface area contributed by atoms with Gasteiger partial charge >= 0.3 is 0 Å². The van der Waals surface area contributed by atoms with Gasteiger partial charge < -0.3 is 0 Å². The first kappa shape index (κ1) is 18.1. The number of amides is 1. The van der Waals surface area contributed by atoms with Gasteiger partial charge in [-0.3, -0.25) is 14.5 Å². The molecule has 2 heterocycles. The predicted molar refractivity (Wildman–Crippen MR) is 107 cm³/mol. The highest BCUT2D eigenvalue weighted by Crippen LogP contribution is 2.22. The lowest BCUT2D eigenvalue weighted by Crippen LogP contribution is -2.27. The molecule has 6 heteroatoms. The van der Waals surface area contributed by atoms with E-state index >= 15 is 0 Å². The highest BCUT2D eigenvalue weighted by atomic mass is 16.2. The number of hydrogen-bond donors (Lipinski definition) is 1. The summed E-state index contributed by atoms with van der Waals surface area (Å²) in [6, 6.07) is 17.1. The minimum absolute atomic E-state index is 0.0209. The molecule has 1 aliphatic rings. The van der Waals surface area contributed by atoms with Crippen LogP contribution in [0.15, 0.2) is 60.8 Å². The Hall–Kier alpha value is -3.25. The van der Waals surface area contributed by atoms with Crippen LogP contribution in [-0.2, 0) is 19.5 Å². The molecule has 0 radical (unpaired) electrons. The van der Waals surface area contributed by atoms with Gasteiger partial charge in [-0.2, -0.15) is 9.89 Å². The van der Waals surface area contributed by atoms with Gasteiger partial charge in [0.15, 0.2) is 5.78 Å². The molecule has 6 nitrogen and oxygen atoms in total. The SMILES string of the molecule is CC(=O)c1ccc(C(=O)Nn2ncc3c2CN(CCc2ccccc2)C3)cc1. The van der Waals surface area contributed by atoms with Gasteiger partial charge in [0.1, 0.15) is 0 Å². The van der Waals surface area contributed by atoms with Crippen LogP contribution in [0.1, 0.15) is 44.5 Å². The summed E-state index contributed by atoms with van der Waals surface area (Å²) in [4.78, 5) is 27.8. The zero-order chi connectivity index (χ0) is 19.5. The minimum atomic E-state index is -0.247. The number of fused-ring (bicyclic) bond motifs is 1. The Bertz CT molecular complexity index is 993. The second kappa shape index (κ2) is 7.78. The fourth-order valence-electron chi connectivity index (χ4n) is 3.42. The number of carbonyl (C=O) groups is 2. The summed E-state index contributed by atoms with van der Waals surface area (Å²) in [7, 11) is 0. The number of benzene rings is 2. The van der Waals surface area contributed by atoms with E-state index in [1.807, 2.05) is 12.3 Å². The van der Waals surface area contributed by atoms with E-state index in [-0.39, 0.29) is 11.7 Å². The van der Waals surface area contributed by atoms with Gasteiger partial charge in [-0.25, -0.2) is 5.43 Å². The molecular weight excluding hydrogens is 352 g/mol. The lowest BCUT2D eigenvalue weighted by Gasteiger charge is -2.15. The lowest BCUT2D eigenvalue weighted by atomic mass is 10.1. The zero-order valence-corrected chi connectivity index (χ0v) is 15.8. The van der Waals surface area contributed by atoms with Crippen LogP contribution < -0.4 is 5.43 Å². The molecule has 0 saturated heterocycles. The van der Waals surface area contributed by atoms with Gasteiger partial charge in [0, 0.05) is 36.3 Å². The molecule has 4 rings (SSSR count). The van der Waals surface area contributed by atoms with Crippen LogP contribution in [0, 0.1) is 0 Å². The zero-order valence-electron chi connectivity index (χ0n) is 15.8. The Morgan fingerprint density at radius 1 is 1.00 bits per heavy atom. The average molecular weight is 374 g/mol. The van der Waals surface area contributed by atoms with E-state index in [9.17, 15) is 9.59 Å². The molecule has 0 spiro atoms. The van der Waals surface area contributed by atoms with E-state index in [2.05, 4.69) is 39.7 Å². The monoisotopic (exact) mass is 374 g/mol. The van der Waals surface area contributed by atoms with E-state index < -0.39 is 0 Å².